The van der Waals surface area contributed by atoms with E-state index in [0.717, 1.165) is 62.6 Å². The zero-order valence-corrected chi connectivity index (χ0v) is 17.0. The van der Waals surface area contributed by atoms with E-state index in [0.29, 0.717) is 5.91 Å². The van der Waals surface area contributed by atoms with Crippen molar-refractivity contribution < 1.29 is 4.79 Å². The van der Waals surface area contributed by atoms with Crippen LogP contribution < -0.4 is 0 Å². The lowest BCUT2D eigenvalue weighted by molar-refractivity contribution is -0.141. The highest BCUT2D eigenvalue weighted by Crippen LogP contribution is 2.35. The molecule has 1 aromatic heterocycles. The van der Waals surface area contributed by atoms with Gasteiger partial charge in [0.2, 0.25) is 5.91 Å². The van der Waals surface area contributed by atoms with Crippen LogP contribution in [0.2, 0.25) is 0 Å². The number of rotatable bonds is 4. The molecule has 2 atom stereocenters. The molecule has 4 nitrogen and oxygen atoms in total. The molecule has 2 aliphatic rings. The van der Waals surface area contributed by atoms with Gasteiger partial charge in [0, 0.05) is 30.7 Å². The van der Waals surface area contributed by atoms with Gasteiger partial charge < -0.3 is 4.90 Å². The van der Waals surface area contributed by atoms with E-state index in [4.69, 9.17) is 4.98 Å². The van der Waals surface area contributed by atoms with Crippen molar-refractivity contribution in [3.8, 4) is 0 Å². The zero-order chi connectivity index (χ0) is 18.6. The Labute approximate surface area is 166 Å². The van der Waals surface area contributed by atoms with Gasteiger partial charge in [-0.3, -0.25) is 9.69 Å². The van der Waals surface area contributed by atoms with Gasteiger partial charge in [0.05, 0.1) is 12.0 Å². The monoisotopic (exact) mass is 383 g/mol. The van der Waals surface area contributed by atoms with Crippen LogP contribution in [-0.4, -0.2) is 40.3 Å². The normalized spacial score (nSPS) is 24.1. The van der Waals surface area contributed by atoms with E-state index in [1.807, 2.05) is 6.92 Å². The summed E-state index contributed by atoms with van der Waals surface area (Å²) in [5.41, 5.74) is 2.40. The van der Waals surface area contributed by atoms with Crippen molar-refractivity contribution in [1.82, 2.24) is 14.8 Å². The van der Waals surface area contributed by atoms with Crippen LogP contribution in [0.15, 0.2) is 35.7 Å². The van der Waals surface area contributed by atoms with E-state index < -0.39 is 0 Å². The first kappa shape index (κ1) is 18.6. The first-order valence-electron chi connectivity index (χ1n) is 10.2. The number of amides is 1. The number of carbonyl (C=O) groups is 1. The smallest absolute Gasteiger partial charge is 0.227 e. The standard InChI is InChI=1S/C22H29N3OS/c1-17-16-27-21(23-17)20-11-5-6-13-25(20)22(26)19-10-7-12-24(15-19)14-18-8-3-2-4-9-18/h2-4,8-9,16,19-20H,5-7,10-15H2,1H3/t19-,20-/m1/s1. The highest BCUT2D eigenvalue weighted by atomic mass is 32.1. The number of hydrogen-bond donors (Lipinski definition) is 0. The summed E-state index contributed by atoms with van der Waals surface area (Å²) in [4.78, 5) is 22.7. The van der Waals surface area contributed by atoms with E-state index in [2.05, 4.69) is 45.5 Å². The van der Waals surface area contributed by atoms with Crippen molar-refractivity contribution in [1.29, 1.82) is 0 Å². The van der Waals surface area contributed by atoms with Crippen molar-refractivity contribution >= 4 is 17.2 Å². The van der Waals surface area contributed by atoms with Crippen molar-refractivity contribution in [2.24, 2.45) is 5.92 Å². The summed E-state index contributed by atoms with van der Waals surface area (Å²) in [7, 11) is 0. The number of hydrogen-bond acceptors (Lipinski definition) is 4. The molecule has 1 amide bonds. The highest BCUT2D eigenvalue weighted by molar-refractivity contribution is 7.09. The lowest BCUT2D eigenvalue weighted by Gasteiger charge is -2.39. The minimum atomic E-state index is 0.129. The Morgan fingerprint density at radius 3 is 2.78 bits per heavy atom. The Kier molecular flexibility index (Phi) is 5.89. The predicted octanol–water partition coefficient (Wildman–Crippen LogP) is 4.42. The summed E-state index contributed by atoms with van der Waals surface area (Å²) in [6.07, 6.45) is 5.49. The summed E-state index contributed by atoms with van der Waals surface area (Å²) in [5, 5.41) is 3.23. The van der Waals surface area contributed by atoms with Crippen molar-refractivity contribution in [2.45, 2.75) is 51.6 Å². The van der Waals surface area contributed by atoms with Gasteiger partial charge in [-0.2, -0.15) is 0 Å². The summed E-state index contributed by atoms with van der Waals surface area (Å²) >= 11 is 1.71. The minimum Gasteiger partial charge on any atom is -0.333 e. The summed E-state index contributed by atoms with van der Waals surface area (Å²) in [5.74, 6) is 0.481. The Bertz CT molecular complexity index is 760. The lowest BCUT2D eigenvalue weighted by Crippen LogP contribution is -2.47. The Morgan fingerprint density at radius 2 is 2.00 bits per heavy atom. The number of likely N-dealkylation sites (tertiary alicyclic amines) is 2. The Morgan fingerprint density at radius 1 is 1.15 bits per heavy atom. The average molecular weight is 384 g/mol. The molecule has 2 saturated heterocycles. The van der Waals surface area contributed by atoms with Crippen molar-refractivity contribution in [3.05, 3.63) is 52.0 Å². The van der Waals surface area contributed by atoms with E-state index in [9.17, 15) is 4.79 Å². The van der Waals surface area contributed by atoms with Crippen molar-refractivity contribution in [3.63, 3.8) is 0 Å². The van der Waals surface area contributed by atoms with Gasteiger partial charge in [-0.05, 0) is 51.1 Å². The SMILES string of the molecule is Cc1csc([C@H]2CCCCN2C(=O)[C@@H]2CCCN(Cc3ccccc3)C2)n1. The maximum atomic E-state index is 13.4. The van der Waals surface area contributed by atoms with Crippen LogP contribution in [0.5, 0.6) is 0 Å². The molecule has 4 rings (SSSR count). The molecule has 0 N–H and O–H groups in total. The molecule has 2 fully saturated rings. The fourth-order valence-electron chi connectivity index (χ4n) is 4.45. The second-order valence-corrected chi connectivity index (χ2v) is 8.82. The third-order valence-electron chi connectivity index (χ3n) is 5.81. The van der Waals surface area contributed by atoms with Gasteiger partial charge in [0.15, 0.2) is 0 Å². The average Bonchev–Trinajstić information content (AvgIpc) is 3.15. The third kappa shape index (κ3) is 4.41. The van der Waals surface area contributed by atoms with Gasteiger partial charge in [0.25, 0.3) is 0 Å². The van der Waals surface area contributed by atoms with Gasteiger partial charge in [-0.25, -0.2) is 4.98 Å². The molecule has 0 radical (unpaired) electrons. The van der Waals surface area contributed by atoms with Crippen LogP contribution in [0.3, 0.4) is 0 Å². The second-order valence-electron chi connectivity index (χ2n) is 7.93. The Balaban J connectivity index is 1.44. The van der Waals surface area contributed by atoms with Gasteiger partial charge in [0.1, 0.15) is 5.01 Å². The molecule has 27 heavy (non-hydrogen) atoms. The number of nitrogens with zero attached hydrogens (tertiary/aromatic N) is 3. The van der Waals surface area contributed by atoms with Crippen LogP contribution in [0, 0.1) is 12.8 Å². The fourth-order valence-corrected chi connectivity index (χ4v) is 5.40. The first-order valence-corrected chi connectivity index (χ1v) is 11.1. The highest BCUT2D eigenvalue weighted by Gasteiger charge is 2.35. The molecule has 0 spiro atoms. The number of aromatic nitrogens is 1. The summed E-state index contributed by atoms with van der Waals surface area (Å²) in [6, 6.07) is 10.8. The van der Waals surface area contributed by atoms with Gasteiger partial charge in [-0.15, -0.1) is 11.3 Å². The molecule has 0 unspecified atom stereocenters. The lowest BCUT2D eigenvalue weighted by atomic mass is 9.93. The number of benzene rings is 1. The third-order valence-corrected chi connectivity index (χ3v) is 6.88. The minimum absolute atomic E-state index is 0.129. The van der Waals surface area contributed by atoms with E-state index in [1.54, 1.807) is 11.3 Å². The number of thiazole rings is 1. The molecule has 144 valence electrons. The second kappa shape index (κ2) is 8.53. The molecule has 0 saturated carbocycles. The molecular weight excluding hydrogens is 354 g/mol. The van der Waals surface area contributed by atoms with Crippen LogP contribution in [-0.2, 0) is 11.3 Å². The van der Waals surface area contributed by atoms with E-state index in [1.165, 1.54) is 12.0 Å². The number of carbonyl (C=O) groups excluding carboxylic acids is 1. The molecule has 0 bridgehead atoms. The van der Waals surface area contributed by atoms with Crippen LogP contribution in [0.4, 0.5) is 0 Å². The number of piperidine rings is 2. The Hall–Kier alpha value is -1.72. The molecule has 2 aromatic rings. The van der Waals surface area contributed by atoms with Crippen molar-refractivity contribution in [2.75, 3.05) is 19.6 Å². The number of aryl methyl sites for hydroxylation is 1. The summed E-state index contributed by atoms with van der Waals surface area (Å²) in [6.45, 7) is 5.84. The topological polar surface area (TPSA) is 36.4 Å². The maximum absolute atomic E-state index is 13.4. The summed E-state index contributed by atoms with van der Waals surface area (Å²) < 4.78 is 0. The quantitative estimate of drug-likeness (QED) is 0.784. The zero-order valence-electron chi connectivity index (χ0n) is 16.1. The van der Waals surface area contributed by atoms with Crippen LogP contribution >= 0.6 is 11.3 Å². The predicted molar refractivity (Wildman–Crippen MR) is 110 cm³/mol. The van der Waals surface area contributed by atoms with Crippen LogP contribution in [0.25, 0.3) is 0 Å². The van der Waals surface area contributed by atoms with Gasteiger partial charge in [-0.1, -0.05) is 30.3 Å². The first-order chi connectivity index (χ1) is 13.2. The molecule has 5 heteroatoms. The molecule has 2 aliphatic heterocycles. The molecular formula is C22H29N3OS. The maximum Gasteiger partial charge on any atom is 0.227 e. The largest absolute Gasteiger partial charge is 0.333 e. The fraction of sp³-hybridized carbons (Fsp3) is 0.545. The molecule has 1 aromatic carbocycles. The molecule has 3 heterocycles. The van der Waals surface area contributed by atoms with E-state index in [-0.39, 0.29) is 12.0 Å². The van der Waals surface area contributed by atoms with Gasteiger partial charge >= 0.3 is 0 Å². The van der Waals surface area contributed by atoms with E-state index >= 15 is 0 Å². The molecule has 0 aliphatic carbocycles. The van der Waals surface area contributed by atoms with Crippen LogP contribution in [0.1, 0.15) is 54.4 Å².